The van der Waals surface area contributed by atoms with E-state index >= 15 is 0 Å². The van der Waals surface area contributed by atoms with Crippen LogP contribution < -0.4 is 5.32 Å². The van der Waals surface area contributed by atoms with Crippen molar-refractivity contribution in [2.24, 2.45) is 5.92 Å². The van der Waals surface area contributed by atoms with Gasteiger partial charge in [0.1, 0.15) is 6.33 Å². The molecule has 2 aromatic rings. The first kappa shape index (κ1) is 15.0. The SMILES string of the molecule is CCCNC(Cc1cc(C)cc2ncnn12)CC(C)C. The Hall–Kier alpha value is -1.42. The van der Waals surface area contributed by atoms with Gasteiger partial charge in [-0.2, -0.15) is 5.10 Å². The second-order valence-electron chi connectivity index (χ2n) is 6.04. The van der Waals surface area contributed by atoms with Gasteiger partial charge in [-0.05, 0) is 49.9 Å². The number of fused-ring (bicyclic) bond motifs is 1. The summed E-state index contributed by atoms with van der Waals surface area (Å²) in [7, 11) is 0. The second-order valence-corrected chi connectivity index (χ2v) is 6.04. The molecule has 110 valence electrons. The molecule has 20 heavy (non-hydrogen) atoms. The van der Waals surface area contributed by atoms with Crippen molar-refractivity contribution >= 4 is 5.65 Å². The summed E-state index contributed by atoms with van der Waals surface area (Å²) in [4.78, 5) is 4.30. The third kappa shape index (κ3) is 3.79. The average Bonchev–Trinajstić information content (AvgIpc) is 2.83. The van der Waals surface area contributed by atoms with Crippen molar-refractivity contribution in [2.45, 2.75) is 53.0 Å². The summed E-state index contributed by atoms with van der Waals surface area (Å²) in [5, 5.41) is 8.01. The van der Waals surface area contributed by atoms with Crippen LogP contribution >= 0.6 is 0 Å². The smallest absolute Gasteiger partial charge is 0.155 e. The predicted octanol–water partition coefficient (Wildman–Crippen LogP) is 2.99. The Morgan fingerprint density at radius 3 is 2.80 bits per heavy atom. The second kappa shape index (κ2) is 6.84. The van der Waals surface area contributed by atoms with E-state index in [0.29, 0.717) is 12.0 Å². The van der Waals surface area contributed by atoms with E-state index in [0.717, 1.165) is 18.6 Å². The van der Waals surface area contributed by atoms with Gasteiger partial charge in [-0.15, -0.1) is 0 Å². The van der Waals surface area contributed by atoms with Gasteiger partial charge in [0, 0.05) is 18.2 Å². The maximum absolute atomic E-state index is 4.35. The largest absolute Gasteiger partial charge is 0.314 e. The molecule has 4 nitrogen and oxygen atoms in total. The summed E-state index contributed by atoms with van der Waals surface area (Å²) in [6.07, 6.45) is 4.99. The first-order chi connectivity index (χ1) is 9.60. The van der Waals surface area contributed by atoms with Crippen LogP contribution in [-0.2, 0) is 6.42 Å². The lowest BCUT2D eigenvalue weighted by Gasteiger charge is -2.21. The highest BCUT2D eigenvalue weighted by atomic mass is 15.3. The van der Waals surface area contributed by atoms with Crippen molar-refractivity contribution in [3.8, 4) is 0 Å². The topological polar surface area (TPSA) is 42.2 Å². The van der Waals surface area contributed by atoms with Gasteiger partial charge in [-0.1, -0.05) is 20.8 Å². The normalized spacial score (nSPS) is 13.2. The van der Waals surface area contributed by atoms with Crippen LogP contribution in [0.5, 0.6) is 0 Å². The minimum atomic E-state index is 0.504. The van der Waals surface area contributed by atoms with Crippen molar-refractivity contribution in [1.82, 2.24) is 19.9 Å². The van der Waals surface area contributed by atoms with Crippen molar-refractivity contribution in [2.75, 3.05) is 6.54 Å². The van der Waals surface area contributed by atoms with Gasteiger partial charge in [-0.25, -0.2) is 9.50 Å². The molecule has 2 rings (SSSR count). The van der Waals surface area contributed by atoms with Gasteiger partial charge in [-0.3, -0.25) is 0 Å². The minimum absolute atomic E-state index is 0.504. The fraction of sp³-hybridized carbons (Fsp3) is 0.625. The van der Waals surface area contributed by atoms with Crippen LogP contribution in [0.15, 0.2) is 18.5 Å². The van der Waals surface area contributed by atoms with Crippen molar-refractivity contribution in [1.29, 1.82) is 0 Å². The molecule has 0 radical (unpaired) electrons. The molecule has 0 saturated heterocycles. The molecule has 0 bridgehead atoms. The van der Waals surface area contributed by atoms with Crippen LogP contribution in [0.1, 0.15) is 44.9 Å². The van der Waals surface area contributed by atoms with Crippen LogP contribution in [0.3, 0.4) is 0 Å². The molecule has 0 aliphatic heterocycles. The van der Waals surface area contributed by atoms with E-state index in [4.69, 9.17) is 0 Å². The fourth-order valence-electron chi connectivity index (χ4n) is 2.69. The van der Waals surface area contributed by atoms with Crippen molar-refractivity contribution < 1.29 is 0 Å². The number of aryl methyl sites for hydroxylation is 1. The van der Waals surface area contributed by atoms with E-state index in [9.17, 15) is 0 Å². The van der Waals surface area contributed by atoms with E-state index in [1.807, 2.05) is 4.52 Å². The van der Waals surface area contributed by atoms with Gasteiger partial charge in [0.2, 0.25) is 0 Å². The zero-order valence-electron chi connectivity index (χ0n) is 13.1. The minimum Gasteiger partial charge on any atom is -0.314 e. The lowest BCUT2D eigenvalue weighted by molar-refractivity contribution is 0.411. The summed E-state index contributed by atoms with van der Waals surface area (Å²) in [5.41, 5.74) is 3.44. The van der Waals surface area contributed by atoms with E-state index < -0.39 is 0 Å². The molecule has 4 heteroatoms. The number of hydrogen-bond donors (Lipinski definition) is 1. The number of rotatable bonds is 7. The summed E-state index contributed by atoms with van der Waals surface area (Å²) in [6, 6.07) is 4.81. The maximum Gasteiger partial charge on any atom is 0.155 e. The Labute approximate surface area is 121 Å². The van der Waals surface area contributed by atoms with Crippen molar-refractivity contribution in [3.05, 3.63) is 29.7 Å². The lowest BCUT2D eigenvalue weighted by Crippen LogP contribution is -2.33. The van der Waals surface area contributed by atoms with E-state index in [-0.39, 0.29) is 0 Å². The first-order valence-electron chi connectivity index (χ1n) is 7.62. The molecule has 1 N–H and O–H groups in total. The molecule has 0 amide bonds. The highest BCUT2D eigenvalue weighted by Crippen LogP contribution is 2.14. The van der Waals surface area contributed by atoms with Gasteiger partial charge in [0.25, 0.3) is 0 Å². The Morgan fingerprint density at radius 2 is 2.10 bits per heavy atom. The lowest BCUT2D eigenvalue weighted by atomic mass is 9.99. The van der Waals surface area contributed by atoms with E-state index in [2.05, 4.69) is 55.2 Å². The number of aromatic nitrogens is 3. The third-order valence-electron chi connectivity index (χ3n) is 3.49. The molecule has 2 heterocycles. The van der Waals surface area contributed by atoms with E-state index in [1.165, 1.54) is 24.1 Å². The molecule has 1 atom stereocenters. The fourth-order valence-corrected chi connectivity index (χ4v) is 2.69. The Morgan fingerprint density at radius 1 is 1.30 bits per heavy atom. The van der Waals surface area contributed by atoms with Gasteiger partial charge < -0.3 is 5.32 Å². The number of nitrogens with zero attached hydrogens (tertiary/aromatic N) is 3. The standard InChI is InChI=1S/C16H26N4/c1-5-6-17-14(7-12(2)3)10-15-8-13(4)9-16-18-11-19-20(15)16/h8-9,11-12,14,17H,5-7,10H2,1-4H3. The summed E-state index contributed by atoms with van der Waals surface area (Å²) < 4.78 is 1.97. The van der Waals surface area contributed by atoms with E-state index in [1.54, 1.807) is 6.33 Å². The predicted molar refractivity (Wildman–Crippen MR) is 83.0 cm³/mol. The van der Waals surface area contributed by atoms with Crippen LogP contribution in [0, 0.1) is 12.8 Å². The molecule has 0 aliphatic carbocycles. The first-order valence-corrected chi connectivity index (χ1v) is 7.62. The highest BCUT2D eigenvalue weighted by Gasteiger charge is 2.14. The number of hydrogen-bond acceptors (Lipinski definition) is 3. The van der Waals surface area contributed by atoms with Gasteiger partial charge in [0.15, 0.2) is 5.65 Å². The molecular weight excluding hydrogens is 248 g/mol. The van der Waals surface area contributed by atoms with Crippen LogP contribution in [0.2, 0.25) is 0 Å². The molecule has 0 saturated carbocycles. The summed E-state index contributed by atoms with van der Waals surface area (Å²) in [5.74, 6) is 0.695. The number of pyridine rings is 1. The quantitative estimate of drug-likeness (QED) is 0.844. The number of nitrogens with one attached hydrogen (secondary N) is 1. The zero-order chi connectivity index (χ0) is 14.5. The molecule has 2 aromatic heterocycles. The van der Waals surface area contributed by atoms with Gasteiger partial charge in [0.05, 0.1) is 0 Å². The Bertz CT molecular complexity index is 544. The molecule has 0 aromatic carbocycles. The summed E-state index contributed by atoms with van der Waals surface area (Å²) >= 11 is 0. The van der Waals surface area contributed by atoms with Crippen LogP contribution in [0.4, 0.5) is 0 Å². The van der Waals surface area contributed by atoms with Crippen LogP contribution in [0.25, 0.3) is 5.65 Å². The third-order valence-corrected chi connectivity index (χ3v) is 3.49. The molecular formula is C16H26N4. The molecule has 1 unspecified atom stereocenters. The Kier molecular flexibility index (Phi) is 5.12. The average molecular weight is 274 g/mol. The Balaban J connectivity index is 2.20. The summed E-state index contributed by atoms with van der Waals surface area (Å²) in [6.45, 7) is 9.96. The van der Waals surface area contributed by atoms with Crippen molar-refractivity contribution in [3.63, 3.8) is 0 Å². The molecule has 0 spiro atoms. The highest BCUT2D eigenvalue weighted by molar-refractivity contribution is 5.41. The zero-order valence-corrected chi connectivity index (χ0v) is 13.1. The molecule has 0 fully saturated rings. The monoisotopic (exact) mass is 274 g/mol. The molecule has 0 aliphatic rings. The van der Waals surface area contributed by atoms with Gasteiger partial charge >= 0.3 is 0 Å². The maximum atomic E-state index is 4.35. The van der Waals surface area contributed by atoms with Crippen LogP contribution in [-0.4, -0.2) is 27.2 Å².